The molecule has 3 aliphatic carbocycles. The van der Waals surface area contributed by atoms with Crippen molar-refractivity contribution in [1.82, 2.24) is 5.32 Å². The first kappa shape index (κ1) is 44.7. The third-order valence-electron chi connectivity index (χ3n) is 13.3. The van der Waals surface area contributed by atoms with Gasteiger partial charge in [-0.05, 0) is 83.2 Å². The van der Waals surface area contributed by atoms with Crippen LogP contribution in [0, 0.1) is 28.6 Å². The van der Waals surface area contributed by atoms with E-state index in [0.29, 0.717) is 17.6 Å². The second kappa shape index (κ2) is 15.9. The van der Waals surface area contributed by atoms with E-state index >= 15 is 0 Å². The predicted molar refractivity (Wildman–Crippen MR) is 214 cm³/mol. The van der Waals surface area contributed by atoms with E-state index in [1.165, 1.54) is 6.92 Å². The molecule has 5 aliphatic rings. The van der Waals surface area contributed by atoms with Gasteiger partial charge in [0.2, 0.25) is 0 Å². The van der Waals surface area contributed by atoms with Crippen LogP contribution in [0.2, 0.25) is 0 Å². The summed E-state index contributed by atoms with van der Waals surface area (Å²) >= 11 is 0. The Morgan fingerprint density at radius 3 is 2.25 bits per heavy atom. The van der Waals surface area contributed by atoms with Gasteiger partial charge in [-0.15, -0.1) is 0 Å². The monoisotopic (exact) mass is 825 g/mol. The maximum atomic E-state index is 14.5. The number of carbonyl (C=O) groups excluding carboxylic acids is 4. The number of alkyl carbamates (subject to hydrolysis) is 1. The highest BCUT2D eigenvalue weighted by atomic mass is 16.7. The van der Waals surface area contributed by atoms with Crippen LogP contribution in [0.3, 0.4) is 0 Å². The standard InChI is InChI=1S/C45H63NO13/c1-13-32-55-30-20-31-45(22-53-31,58-26(6)47)35-37(57-38(49)27-17-15-14-16-18-27)44(42(10,11)52)21-29(24(4)33(44)25(5)36(56-32)43(30,35)12)54-39(50)34(48)28(19-23(2)3)46-40(51)59-41(7,8)9/h13-18,23,25,28-32,34-37,48,52H,1,19-22H2,2-12H3,(H,46,51)/t25-,28-,29-,30-,31?,32?,34+,35-,36-,37-,43+,44-,45-/m0/s1. The van der Waals surface area contributed by atoms with E-state index < -0.39 is 112 Å². The number of carbonyl (C=O) groups is 4. The van der Waals surface area contributed by atoms with Crippen molar-refractivity contribution >= 4 is 24.0 Å². The van der Waals surface area contributed by atoms with Gasteiger partial charge >= 0.3 is 24.0 Å². The fourth-order valence-electron chi connectivity index (χ4n) is 11.1. The predicted octanol–water partition coefficient (Wildman–Crippen LogP) is 5.57. The molecule has 2 unspecified atom stereocenters. The van der Waals surface area contributed by atoms with Crippen LogP contribution in [0.15, 0.2) is 54.1 Å². The summed E-state index contributed by atoms with van der Waals surface area (Å²) < 4.78 is 44.4. The maximum absolute atomic E-state index is 14.5. The number of ether oxygens (including phenoxy) is 7. The van der Waals surface area contributed by atoms with E-state index in [1.807, 2.05) is 27.7 Å². The number of rotatable bonds is 11. The molecule has 2 aliphatic heterocycles. The molecule has 2 saturated heterocycles. The fraction of sp³-hybridized carbons (Fsp3) is 0.689. The zero-order valence-corrected chi connectivity index (χ0v) is 36.2. The van der Waals surface area contributed by atoms with Crippen LogP contribution in [0.1, 0.15) is 106 Å². The van der Waals surface area contributed by atoms with Gasteiger partial charge in [-0.3, -0.25) is 4.79 Å². The zero-order chi connectivity index (χ0) is 43.6. The average molecular weight is 826 g/mol. The third-order valence-corrected chi connectivity index (χ3v) is 13.3. The van der Waals surface area contributed by atoms with E-state index in [2.05, 4.69) is 11.9 Å². The summed E-state index contributed by atoms with van der Waals surface area (Å²) in [6.07, 6.45) is -5.55. The largest absolute Gasteiger partial charge is 0.457 e. The molecule has 0 radical (unpaired) electrons. The molecule has 326 valence electrons. The molecule has 2 saturated carbocycles. The molecule has 1 aromatic carbocycles. The van der Waals surface area contributed by atoms with E-state index in [4.69, 9.17) is 33.2 Å². The van der Waals surface area contributed by atoms with Crippen LogP contribution in [0.5, 0.6) is 0 Å². The number of benzene rings is 1. The Bertz CT molecular complexity index is 1830. The van der Waals surface area contributed by atoms with E-state index in [-0.39, 0.29) is 30.9 Å². The van der Waals surface area contributed by atoms with Crippen LogP contribution >= 0.6 is 0 Å². The number of nitrogens with one attached hydrogen (secondary N) is 1. The Morgan fingerprint density at radius 2 is 1.71 bits per heavy atom. The van der Waals surface area contributed by atoms with Gasteiger partial charge in [-0.2, -0.15) is 0 Å². The minimum atomic E-state index is -1.79. The number of esters is 3. The molecule has 0 spiro atoms. The minimum Gasteiger partial charge on any atom is -0.457 e. The van der Waals surface area contributed by atoms with Crippen molar-refractivity contribution in [3.8, 4) is 0 Å². The van der Waals surface area contributed by atoms with Gasteiger partial charge in [-0.1, -0.05) is 52.5 Å². The molecule has 3 N–H and O–H groups in total. The Kier molecular flexibility index (Phi) is 12.1. The Hall–Kier alpha value is -3.82. The minimum absolute atomic E-state index is 0.0118. The number of fused-ring (bicyclic) bond motifs is 3. The van der Waals surface area contributed by atoms with Crippen LogP contribution in [0.4, 0.5) is 4.79 Å². The molecule has 1 amide bonds. The summed E-state index contributed by atoms with van der Waals surface area (Å²) in [6, 6.07) is 7.43. The summed E-state index contributed by atoms with van der Waals surface area (Å²) in [5, 5.41) is 27.0. The number of aliphatic hydroxyl groups is 2. The average Bonchev–Trinajstić information content (AvgIpc) is 3.39. The molecular formula is C45H63NO13. The lowest BCUT2D eigenvalue weighted by atomic mass is 9.49. The van der Waals surface area contributed by atoms with E-state index in [0.717, 1.165) is 0 Å². The van der Waals surface area contributed by atoms with Crippen LogP contribution in [-0.2, 0) is 42.7 Å². The topological polar surface area (TPSA) is 185 Å². The molecule has 0 bridgehead atoms. The van der Waals surface area contributed by atoms with Gasteiger partial charge in [0, 0.05) is 31.1 Å². The van der Waals surface area contributed by atoms with Crippen molar-refractivity contribution in [3.05, 3.63) is 59.7 Å². The third kappa shape index (κ3) is 7.73. The highest BCUT2D eigenvalue weighted by Gasteiger charge is 2.80. The highest BCUT2D eigenvalue weighted by molar-refractivity contribution is 5.89. The van der Waals surface area contributed by atoms with Crippen molar-refractivity contribution < 1.29 is 62.5 Å². The van der Waals surface area contributed by atoms with Crippen molar-refractivity contribution in [2.45, 2.75) is 161 Å². The molecule has 14 heteroatoms. The normalized spacial score (nSPS) is 36.0. The van der Waals surface area contributed by atoms with Crippen LogP contribution in [0.25, 0.3) is 0 Å². The Morgan fingerprint density at radius 1 is 1.05 bits per heavy atom. The Balaban J connectivity index is 1.52. The molecule has 6 rings (SSSR count). The number of hydrogen-bond acceptors (Lipinski definition) is 13. The quantitative estimate of drug-likeness (QED) is 0.143. The fourth-order valence-corrected chi connectivity index (χ4v) is 11.1. The van der Waals surface area contributed by atoms with Crippen molar-refractivity contribution in [2.24, 2.45) is 28.6 Å². The lowest BCUT2D eigenvalue weighted by Gasteiger charge is -2.67. The van der Waals surface area contributed by atoms with Crippen molar-refractivity contribution in [3.63, 3.8) is 0 Å². The van der Waals surface area contributed by atoms with Crippen molar-refractivity contribution in [1.29, 1.82) is 0 Å². The zero-order valence-electron chi connectivity index (χ0n) is 36.2. The number of amides is 1. The second-order valence-electron chi connectivity index (χ2n) is 19.3. The van der Waals surface area contributed by atoms with E-state index in [1.54, 1.807) is 78.0 Å². The van der Waals surface area contributed by atoms with Gasteiger partial charge in [0.05, 0.1) is 47.4 Å². The van der Waals surface area contributed by atoms with Gasteiger partial charge < -0.3 is 48.7 Å². The lowest BCUT2D eigenvalue weighted by molar-refractivity contribution is -0.391. The summed E-state index contributed by atoms with van der Waals surface area (Å²) in [4.78, 5) is 54.6. The molecular weight excluding hydrogens is 762 g/mol. The van der Waals surface area contributed by atoms with Crippen LogP contribution in [-0.4, -0.2) is 107 Å². The lowest BCUT2D eigenvalue weighted by Crippen LogP contribution is -2.80. The Labute approximate surface area is 347 Å². The first-order valence-electron chi connectivity index (χ1n) is 20.7. The van der Waals surface area contributed by atoms with Gasteiger partial charge in [0.15, 0.2) is 18.0 Å². The number of hydrogen-bond donors (Lipinski definition) is 3. The van der Waals surface area contributed by atoms with Gasteiger partial charge in [0.25, 0.3) is 0 Å². The molecule has 0 aromatic heterocycles. The van der Waals surface area contributed by atoms with Crippen molar-refractivity contribution in [2.75, 3.05) is 6.61 Å². The summed E-state index contributed by atoms with van der Waals surface area (Å²) in [5.41, 5.74) is -4.92. The first-order valence-corrected chi connectivity index (χ1v) is 20.7. The molecule has 4 fully saturated rings. The van der Waals surface area contributed by atoms with E-state index in [9.17, 15) is 29.4 Å². The number of aliphatic hydroxyl groups excluding tert-OH is 1. The van der Waals surface area contributed by atoms with Crippen LogP contribution < -0.4 is 5.32 Å². The first-order chi connectivity index (χ1) is 27.4. The smallest absolute Gasteiger partial charge is 0.407 e. The molecule has 14 nitrogen and oxygen atoms in total. The maximum Gasteiger partial charge on any atom is 0.407 e. The summed E-state index contributed by atoms with van der Waals surface area (Å²) in [7, 11) is 0. The molecule has 1 aromatic rings. The summed E-state index contributed by atoms with van der Waals surface area (Å²) in [6.45, 7) is 23.2. The van der Waals surface area contributed by atoms with Gasteiger partial charge in [0.1, 0.15) is 23.9 Å². The highest BCUT2D eigenvalue weighted by Crippen LogP contribution is 2.70. The SMILES string of the molecule is C=CC1O[C@H]2CC3OC[C@@]3(OC(C)=O)[C@H]3[C@H](OC(=O)c4ccccc4)[C@]4(C(C)(C)O)C[C@H](OC(=O)[C@H](O)[C@H](CC(C)C)NC(=O)OC(C)(C)C)C(C)=C4[C@H](C)[C@H](O1)[C@]23C. The summed E-state index contributed by atoms with van der Waals surface area (Å²) in [5.74, 6) is -3.69. The molecule has 59 heavy (non-hydrogen) atoms. The molecule has 2 heterocycles. The van der Waals surface area contributed by atoms with Gasteiger partial charge in [-0.25, -0.2) is 14.4 Å². The molecule has 13 atom stereocenters. The second-order valence-corrected chi connectivity index (χ2v) is 19.3.